The molecule has 3 heterocycles. The van der Waals surface area contributed by atoms with E-state index in [1.807, 2.05) is 12.1 Å². The predicted molar refractivity (Wildman–Crippen MR) is 96.4 cm³/mol. The minimum atomic E-state index is -0.263. The first kappa shape index (κ1) is 16.5. The third-order valence-corrected chi connectivity index (χ3v) is 4.84. The van der Waals surface area contributed by atoms with Crippen LogP contribution in [0.1, 0.15) is 36.0 Å². The van der Waals surface area contributed by atoms with Gasteiger partial charge in [-0.25, -0.2) is 9.50 Å². The maximum Gasteiger partial charge on any atom is 0.253 e. The van der Waals surface area contributed by atoms with Gasteiger partial charge in [-0.05, 0) is 43.9 Å². The highest BCUT2D eigenvalue weighted by atomic mass is 16.3. The Morgan fingerprint density at radius 3 is 2.69 bits per heavy atom. The van der Waals surface area contributed by atoms with Crippen molar-refractivity contribution in [2.45, 2.75) is 37.8 Å². The average molecular weight is 352 g/mol. The molecule has 8 heteroatoms. The van der Waals surface area contributed by atoms with Crippen molar-refractivity contribution in [2.75, 3.05) is 5.73 Å². The van der Waals surface area contributed by atoms with Crippen molar-refractivity contribution >= 4 is 17.2 Å². The van der Waals surface area contributed by atoms with Gasteiger partial charge < -0.3 is 16.2 Å². The van der Waals surface area contributed by atoms with Gasteiger partial charge in [0.05, 0.1) is 17.4 Å². The number of nitrogen functional groups attached to an aromatic ring is 1. The Balaban J connectivity index is 1.72. The number of fused-ring (bicyclic) bond motifs is 1. The summed E-state index contributed by atoms with van der Waals surface area (Å²) >= 11 is 0. The zero-order valence-corrected chi connectivity index (χ0v) is 14.2. The summed E-state index contributed by atoms with van der Waals surface area (Å²) in [5.41, 5.74) is 8.61. The van der Waals surface area contributed by atoms with Gasteiger partial charge >= 0.3 is 0 Å². The van der Waals surface area contributed by atoms with Gasteiger partial charge in [0.1, 0.15) is 11.8 Å². The SMILES string of the molecule is Nc1ncnn2c(-c3ccncc3)cc(C(=O)N[C@H]3CC[C@H](O)CC3)c12. The molecule has 4 N–H and O–H groups in total. The Morgan fingerprint density at radius 2 is 1.96 bits per heavy atom. The van der Waals surface area contributed by atoms with Crippen LogP contribution in [0.15, 0.2) is 36.9 Å². The lowest BCUT2D eigenvalue weighted by Crippen LogP contribution is -2.38. The molecule has 1 amide bonds. The van der Waals surface area contributed by atoms with Crippen LogP contribution in [0.2, 0.25) is 0 Å². The van der Waals surface area contributed by atoms with E-state index in [0.29, 0.717) is 23.9 Å². The fourth-order valence-electron chi connectivity index (χ4n) is 3.45. The van der Waals surface area contributed by atoms with Crippen molar-refractivity contribution in [3.63, 3.8) is 0 Å². The van der Waals surface area contributed by atoms with Crippen LogP contribution in [0.25, 0.3) is 16.8 Å². The van der Waals surface area contributed by atoms with E-state index in [0.717, 1.165) is 24.1 Å². The summed E-state index contributed by atoms with van der Waals surface area (Å²) in [4.78, 5) is 21.0. The van der Waals surface area contributed by atoms with Crippen LogP contribution in [-0.4, -0.2) is 42.7 Å². The van der Waals surface area contributed by atoms with Crippen LogP contribution in [0, 0.1) is 0 Å². The fourth-order valence-corrected chi connectivity index (χ4v) is 3.45. The highest BCUT2D eigenvalue weighted by molar-refractivity contribution is 6.05. The second-order valence-electron chi connectivity index (χ2n) is 6.56. The van der Waals surface area contributed by atoms with Crippen molar-refractivity contribution < 1.29 is 9.90 Å². The minimum absolute atomic E-state index is 0.0519. The first-order chi connectivity index (χ1) is 12.6. The van der Waals surface area contributed by atoms with Crippen LogP contribution < -0.4 is 11.1 Å². The van der Waals surface area contributed by atoms with E-state index in [1.54, 1.807) is 23.0 Å². The van der Waals surface area contributed by atoms with Crippen molar-refractivity contribution in [3.8, 4) is 11.3 Å². The first-order valence-electron chi connectivity index (χ1n) is 8.65. The molecule has 1 fully saturated rings. The van der Waals surface area contributed by atoms with Gasteiger partial charge in [-0.15, -0.1) is 0 Å². The number of aliphatic hydroxyl groups excluding tert-OH is 1. The van der Waals surface area contributed by atoms with Crippen molar-refractivity contribution in [2.24, 2.45) is 0 Å². The lowest BCUT2D eigenvalue weighted by atomic mass is 9.93. The number of aromatic nitrogens is 4. The normalized spacial score (nSPS) is 20.2. The molecule has 0 bridgehead atoms. The quantitative estimate of drug-likeness (QED) is 0.656. The fraction of sp³-hybridized carbons (Fsp3) is 0.333. The van der Waals surface area contributed by atoms with E-state index in [1.165, 1.54) is 6.33 Å². The molecule has 0 unspecified atom stereocenters. The number of hydrogen-bond donors (Lipinski definition) is 3. The van der Waals surface area contributed by atoms with Crippen molar-refractivity contribution in [1.29, 1.82) is 0 Å². The van der Waals surface area contributed by atoms with E-state index >= 15 is 0 Å². The second-order valence-corrected chi connectivity index (χ2v) is 6.56. The molecule has 1 saturated carbocycles. The van der Waals surface area contributed by atoms with E-state index in [-0.39, 0.29) is 23.9 Å². The number of anilines is 1. The zero-order valence-electron chi connectivity index (χ0n) is 14.2. The van der Waals surface area contributed by atoms with E-state index in [9.17, 15) is 9.90 Å². The molecule has 8 nitrogen and oxygen atoms in total. The molecular formula is C18H20N6O2. The average Bonchev–Trinajstić information content (AvgIpc) is 3.05. The number of nitrogens with one attached hydrogen (secondary N) is 1. The lowest BCUT2D eigenvalue weighted by Gasteiger charge is -2.26. The van der Waals surface area contributed by atoms with Crippen molar-refractivity contribution in [3.05, 3.63) is 42.5 Å². The van der Waals surface area contributed by atoms with Gasteiger partial charge in [0, 0.05) is 24.0 Å². The molecule has 0 radical (unpaired) electrons. The molecule has 26 heavy (non-hydrogen) atoms. The molecule has 0 spiro atoms. The largest absolute Gasteiger partial charge is 0.393 e. The molecular weight excluding hydrogens is 332 g/mol. The Labute approximate surface area is 150 Å². The van der Waals surface area contributed by atoms with Crippen LogP contribution >= 0.6 is 0 Å². The standard InChI is InChI=1S/C18H20N6O2/c19-17-16-14(18(26)23-12-1-3-13(25)4-2-12)9-15(24(16)22-10-21-17)11-5-7-20-8-6-11/h5-10,12-13,25H,1-4H2,(H,23,26)(H2,19,21,22)/t12-,13-. The van der Waals surface area contributed by atoms with Gasteiger partial charge in [-0.3, -0.25) is 9.78 Å². The van der Waals surface area contributed by atoms with E-state index in [4.69, 9.17) is 5.73 Å². The summed E-state index contributed by atoms with van der Waals surface area (Å²) in [6.45, 7) is 0. The van der Waals surface area contributed by atoms with E-state index in [2.05, 4.69) is 20.4 Å². The Hall–Kier alpha value is -3.00. The molecule has 134 valence electrons. The van der Waals surface area contributed by atoms with Gasteiger partial charge in [-0.1, -0.05) is 0 Å². The molecule has 3 aromatic heterocycles. The first-order valence-corrected chi connectivity index (χ1v) is 8.65. The van der Waals surface area contributed by atoms with Gasteiger partial charge in [0.25, 0.3) is 5.91 Å². The van der Waals surface area contributed by atoms with Gasteiger partial charge in [0.15, 0.2) is 5.82 Å². The predicted octanol–water partition coefficient (Wildman–Crippen LogP) is 1.41. The third kappa shape index (κ3) is 2.99. The molecule has 0 atom stereocenters. The van der Waals surface area contributed by atoms with Crippen LogP contribution in [0.3, 0.4) is 0 Å². The summed E-state index contributed by atoms with van der Waals surface area (Å²) in [5.74, 6) is 0.0511. The number of nitrogens with zero attached hydrogens (tertiary/aromatic N) is 4. The number of carbonyl (C=O) groups excluding carboxylic acids is 1. The molecule has 3 aromatic rings. The monoisotopic (exact) mass is 352 g/mol. The number of pyridine rings is 1. The Morgan fingerprint density at radius 1 is 1.23 bits per heavy atom. The summed E-state index contributed by atoms with van der Waals surface area (Å²) in [7, 11) is 0. The maximum atomic E-state index is 12.9. The van der Waals surface area contributed by atoms with Crippen LogP contribution in [-0.2, 0) is 0 Å². The zero-order chi connectivity index (χ0) is 18.1. The number of hydrogen-bond acceptors (Lipinski definition) is 6. The number of carbonyl (C=O) groups is 1. The van der Waals surface area contributed by atoms with Crippen LogP contribution in [0.4, 0.5) is 5.82 Å². The highest BCUT2D eigenvalue weighted by Crippen LogP contribution is 2.28. The molecule has 4 rings (SSSR count). The topological polar surface area (TPSA) is 118 Å². The van der Waals surface area contributed by atoms with E-state index < -0.39 is 0 Å². The van der Waals surface area contributed by atoms with Crippen molar-refractivity contribution in [1.82, 2.24) is 24.9 Å². The second kappa shape index (κ2) is 6.72. The summed E-state index contributed by atoms with van der Waals surface area (Å²) in [6.07, 6.45) is 7.42. The molecule has 0 aromatic carbocycles. The van der Waals surface area contributed by atoms with Gasteiger partial charge in [0.2, 0.25) is 0 Å². The minimum Gasteiger partial charge on any atom is -0.393 e. The van der Waals surface area contributed by atoms with Gasteiger partial charge in [-0.2, -0.15) is 5.10 Å². The Bertz CT molecular complexity index is 932. The lowest BCUT2D eigenvalue weighted by molar-refractivity contribution is 0.0869. The number of nitrogens with two attached hydrogens (primary N) is 1. The summed E-state index contributed by atoms with van der Waals surface area (Å²) in [5, 5.41) is 17.0. The molecule has 0 saturated heterocycles. The molecule has 1 aliphatic rings. The summed E-state index contributed by atoms with van der Waals surface area (Å²) < 4.78 is 1.64. The third-order valence-electron chi connectivity index (χ3n) is 4.84. The highest BCUT2D eigenvalue weighted by Gasteiger charge is 2.24. The number of rotatable bonds is 3. The number of aliphatic hydroxyl groups is 1. The number of amides is 1. The summed E-state index contributed by atoms with van der Waals surface area (Å²) in [6, 6.07) is 5.54. The molecule has 0 aliphatic heterocycles. The smallest absolute Gasteiger partial charge is 0.253 e. The maximum absolute atomic E-state index is 12.9. The van der Waals surface area contributed by atoms with Crippen LogP contribution in [0.5, 0.6) is 0 Å². The Kier molecular flexibility index (Phi) is 4.26. The molecule has 1 aliphatic carbocycles.